The topological polar surface area (TPSA) is 36.4 Å². The highest BCUT2D eigenvalue weighted by Crippen LogP contribution is 2.34. The van der Waals surface area contributed by atoms with Gasteiger partial charge in [-0.05, 0) is 86.1 Å². The Bertz CT molecular complexity index is 1150. The molecule has 0 fully saturated rings. The lowest BCUT2D eigenvalue weighted by molar-refractivity contribution is 0.924. The van der Waals surface area contributed by atoms with Crippen LogP contribution in [0.5, 0.6) is 0 Å². The molecule has 3 rings (SSSR count). The van der Waals surface area contributed by atoms with Gasteiger partial charge in [-0.1, -0.05) is 69.0 Å². The molecule has 0 aliphatic carbocycles. The second kappa shape index (κ2) is 11.7. The van der Waals surface area contributed by atoms with Gasteiger partial charge in [0.05, 0.1) is 6.04 Å². The lowest BCUT2D eigenvalue weighted by atomic mass is 9.94. The lowest BCUT2D eigenvalue weighted by Gasteiger charge is -2.20. The van der Waals surface area contributed by atoms with Crippen LogP contribution >= 0.6 is 0 Å². The number of allylic oxidation sites excluding steroid dienone is 5. The van der Waals surface area contributed by atoms with Crippen molar-refractivity contribution in [2.45, 2.75) is 66.5 Å². The quantitative estimate of drug-likeness (QED) is 0.421. The van der Waals surface area contributed by atoms with E-state index in [9.17, 15) is 0 Å². The molecule has 0 amide bonds. The molecule has 0 saturated carbocycles. The molecule has 3 nitrogen and oxygen atoms in total. The molecule has 0 spiro atoms. The summed E-state index contributed by atoms with van der Waals surface area (Å²) in [6, 6.07) is 13.3. The Balaban J connectivity index is 1.89. The smallest absolute Gasteiger partial charge is 0.0655 e. The summed E-state index contributed by atoms with van der Waals surface area (Å²) in [5.41, 5.74) is 10.7. The maximum atomic E-state index is 4.57. The summed E-state index contributed by atoms with van der Waals surface area (Å²) in [5.74, 6) is 0. The van der Waals surface area contributed by atoms with Gasteiger partial charge < -0.3 is 10.6 Å². The molecule has 0 bridgehead atoms. The van der Waals surface area contributed by atoms with Crippen LogP contribution in [0.3, 0.4) is 0 Å². The SMILES string of the molecule is C=C(CC)Nc1cccc(-c2cccc(NC(C)/C=C3C=C(CC)C=NC(C)\C=C/3)c2C)c1C. The monoisotopic (exact) mass is 453 g/mol. The maximum absolute atomic E-state index is 4.57. The summed E-state index contributed by atoms with van der Waals surface area (Å²) in [4.78, 5) is 4.57. The number of aliphatic imine (C=N–C) groups is 1. The summed E-state index contributed by atoms with van der Waals surface area (Å²) in [6.45, 7) is 17.1. The highest BCUT2D eigenvalue weighted by Gasteiger charge is 2.12. The highest BCUT2D eigenvalue weighted by atomic mass is 14.9. The van der Waals surface area contributed by atoms with Gasteiger partial charge in [0.25, 0.3) is 0 Å². The Kier molecular flexibility index (Phi) is 8.70. The summed E-state index contributed by atoms with van der Waals surface area (Å²) < 4.78 is 0. The average Bonchev–Trinajstić information content (AvgIpc) is 2.81. The molecule has 34 heavy (non-hydrogen) atoms. The third kappa shape index (κ3) is 6.38. The molecule has 2 N–H and O–H groups in total. The van der Waals surface area contributed by atoms with Crippen molar-refractivity contribution in [3.05, 3.63) is 95.3 Å². The van der Waals surface area contributed by atoms with Crippen molar-refractivity contribution in [2.24, 2.45) is 4.99 Å². The number of nitrogens with zero attached hydrogens (tertiary/aromatic N) is 1. The van der Waals surface area contributed by atoms with E-state index in [0.717, 1.165) is 29.9 Å². The number of anilines is 2. The molecule has 2 unspecified atom stereocenters. The molecule has 2 aromatic carbocycles. The first kappa shape index (κ1) is 25.3. The molecule has 2 aromatic rings. The van der Waals surface area contributed by atoms with E-state index in [4.69, 9.17) is 0 Å². The number of nitrogens with one attached hydrogen (secondary N) is 2. The molecule has 0 radical (unpaired) electrons. The Morgan fingerprint density at radius 2 is 1.71 bits per heavy atom. The molecule has 3 heteroatoms. The molecule has 1 heterocycles. The summed E-state index contributed by atoms with van der Waals surface area (Å²) >= 11 is 0. The first-order valence-corrected chi connectivity index (χ1v) is 12.4. The number of rotatable bonds is 8. The fourth-order valence-electron chi connectivity index (χ4n) is 4.11. The van der Waals surface area contributed by atoms with Crippen LogP contribution < -0.4 is 10.6 Å². The van der Waals surface area contributed by atoms with Gasteiger partial charge in [0.2, 0.25) is 0 Å². The van der Waals surface area contributed by atoms with Crippen molar-refractivity contribution in [1.82, 2.24) is 0 Å². The van der Waals surface area contributed by atoms with E-state index in [-0.39, 0.29) is 12.1 Å². The van der Waals surface area contributed by atoms with E-state index < -0.39 is 0 Å². The Morgan fingerprint density at radius 3 is 2.35 bits per heavy atom. The van der Waals surface area contributed by atoms with Crippen molar-refractivity contribution >= 4 is 17.6 Å². The zero-order valence-corrected chi connectivity index (χ0v) is 21.6. The van der Waals surface area contributed by atoms with Crippen LogP contribution in [0.2, 0.25) is 0 Å². The standard InChI is InChI=1S/C31H39N3/c1-8-21(3)33-30-14-10-12-28(24(30)6)29-13-11-15-31(25(29)7)34-23(5)18-27-17-16-22(4)32-20-26(9-2)19-27/h10-20,22-23,33-34H,3,8-9H2,1-2,4-7H3/b17-16-,26-19?,27-18+,32-20?. The molecule has 178 valence electrons. The molecule has 1 aliphatic heterocycles. The minimum Gasteiger partial charge on any atom is -0.379 e. The van der Waals surface area contributed by atoms with Gasteiger partial charge in [-0.3, -0.25) is 4.99 Å². The molecular weight excluding hydrogens is 414 g/mol. The maximum Gasteiger partial charge on any atom is 0.0655 e. The Labute approximate surface area is 206 Å². The molecular formula is C31H39N3. The summed E-state index contributed by atoms with van der Waals surface area (Å²) in [5, 5.41) is 7.18. The zero-order chi connectivity index (χ0) is 24.7. The zero-order valence-electron chi connectivity index (χ0n) is 21.6. The van der Waals surface area contributed by atoms with Gasteiger partial charge in [0, 0.05) is 29.3 Å². The third-order valence-corrected chi connectivity index (χ3v) is 6.32. The van der Waals surface area contributed by atoms with Crippen molar-refractivity contribution in [2.75, 3.05) is 10.6 Å². The van der Waals surface area contributed by atoms with Crippen LogP contribution in [0.4, 0.5) is 11.4 Å². The van der Waals surface area contributed by atoms with Crippen LogP contribution in [0, 0.1) is 13.8 Å². The normalized spacial score (nSPS) is 18.6. The van der Waals surface area contributed by atoms with E-state index in [0.29, 0.717) is 0 Å². The van der Waals surface area contributed by atoms with Crippen molar-refractivity contribution in [1.29, 1.82) is 0 Å². The van der Waals surface area contributed by atoms with Crippen LogP contribution in [0.1, 0.15) is 51.7 Å². The number of hydrogen-bond acceptors (Lipinski definition) is 3. The van der Waals surface area contributed by atoms with Gasteiger partial charge in [0.1, 0.15) is 0 Å². The largest absolute Gasteiger partial charge is 0.379 e. The van der Waals surface area contributed by atoms with Crippen LogP contribution in [-0.4, -0.2) is 18.3 Å². The van der Waals surface area contributed by atoms with Gasteiger partial charge >= 0.3 is 0 Å². The predicted molar refractivity (Wildman–Crippen MR) is 151 cm³/mol. The van der Waals surface area contributed by atoms with Crippen molar-refractivity contribution < 1.29 is 0 Å². The fourth-order valence-corrected chi connectivity index (χ4v) is 4.11. The minimum absolute atomic E-state index is 0.177. The first-order valence-electron chi connectivity index (χ1n) is 12.4. The Morgan fingerprint density at radius 1 is 1.06 bits per heavy atom. The number of hydrogen-bond donors (Lipinski definition) is 2. The van der Waals surface area contributed by atoms with E-state index in [2.05, 4.69) is 124 Å². The molecule has 0 aromatic heterocycles. The molecule has 2 atom stereocenters. The second-order valence-electron chi connectivity index (χ2n) is 9.09. The highest BCUT2D eigenvalue weighted by molar-refractivity contribution is 5.81. The predicted octanol–water partition coefficient (Wildman–Crippen LogP) is 8.40. The molecule has 0 saturated heterocycles. The Hall–Kier alpha value is -3.33. The van der Waals surface area contributed by atoms with Gasteiger partial charge in [-0.25, -0.2) is 0 Å². The van der Waals surface area contributed by atoms with Crippen molar-refractivity contribution in [3.63, 3.8) is 0 Å². The van der Waals surface area contributed by atoms with E-state index >= 15 is 0 Å². The van der Waals surface area contributed by atoms with Crippen LogP contribution in [0.15, 0.2) is 89.1 Å². The lowest BCUT2D eigenvalue weighted by Crippen LogP contribution is -2.14. The van der Waals surface area contributed by atoms with Crippen LogP contribution in [0.25, 0.3) is 11.1 Å². The fraction of sp³-hybridized carbons (Fsp3) is 0.323. The van der Waals surface area contributed by atoms with Crippen LogP contribution in [-0.2, 0) is 0 Å². The van der Waals surface area contributed by atoms with Gasteiger partial charge in [-0.15, -0.1) is 0 Å². The van der Waals surface area contributed by atoms with E-state index in [1.807, 2.05) is 6.21 Å². The van der Waals surface area contributed by atoms with Gasteiger partial charge in [0.15, 0.2) is 0 Å². The van der Waals surface area contributed by atoms with E-state index in [1.54, 1.807) is 0 Å². The third-order valence-electron chi connectivity index (χ3n) is 6.32. The average molecular weight is 454 g/mol. The molecule has 1 aliphatic rings. The minimum atomic E-state index is 0.177. The summed E-state index contributed by atoms with van der Waals surface area (Å²) in [7, 11) is 0. The summed E-state index contributed by atoms with van der Waals surface area (Å²) in [6.07, 6.45) is 12.8. The van der Waals surface area contributed by atoms with Gasteiger partial charge in [-0.2, -0.15) is 0 Å². The van der Waals surface area contributed by atoms with E-state index in [1.165, 1.54) is 33.4 Å². The second-order valence-corrected chi connectivity index (χ2v) is 9.09. The number of benzene rings is 2. The first-order chi connectivity index (χ1) is 16.3. The van der Waals surface area contributed by atoms with Crippen molar-refractivity contribution in [3.8, 4) is 11.1 Å².